The smallest absolute Gasteiger partial charge is 0.268 e. The Hall–Kier alpha value is -3.87. The number of rotatable bonds is 5. The summed E-state index contributed by atoms with van der Waals surface area (Å²) in [5.74, 6) is 8.42. The molecule has 0 radical (unpaired) electrons. The molecule has 2 atom stereocenters. The van der Waals surface area contributed by atoms with Crippen molar-refractivity contribution in [3.8, 4) is 23.7 Å². The number of hydrogen-bond donors (Lipinski definition) is 5. The van der Waals surface area contributed by atoms with Crippen LogP contribution in [0.3, 0.4) is 0 Å². The van der Waals surface area contributed by atoms with E-state index in [1.54, 1.807) is 0 Å². The van der Waals surface area contributed by atoms with Gasteiger partial charge in [-0.25, -0.2) is 14.3 Å². The van der Waals surface area contributed by atoms with Gasteiger partial charge in [-0.15, -0.1) is 5.10 Å². The van der Waals surface area contributed by atoms with Crippen LogP contribution >= 0.6 is 0 Å². The number of amides is 2. The highest BCUT2D eigenvalue weighted by molar-refractivity contribution is 5.98. The Morgan fingerprint density at radius 3 is 2.45 bits per heavy atom. The minimum absolute atomic E-state index is 0.0641. The molecule has 2 amide bonds. The molecule has 0 spiro atoms. The van der Waals surface area contributed by atoms with Crippen molar-refractivity contribution >= 4 is 11.8 Å². The second-order valence-electron chi connectivity index (χ2n) is 5.86. The topological polar surface area (TPSA) is 159 Å². The fraction of sp³-hybridized carbons (Fsp3) is 0.235. The third kappa shape index (κ3) is 5.55. The number of H-pyrrole nitrogens is 1. The average Bonchev–Trinajstić information content (AvgIpc) is 3.22. The lowest BCUT2D eigenvalue weighted by Crippen LogP contribution is -2.66. The van der Waals surface area contributed by atoms with E-state index in [0.717, 1.165) is 6.92 Å². The molecule has 2 rings (SSSR count). The van der Waals surface area contributed by atoms with Crippen molar-refractivity contribution in [2.45, 2.75) is 24.9 Å². The highest BCUT2D eigenvalue weighted by Crippen LogP contribution is 2.18. The van der Waals surface area contributed by atoms with Gasteiger partial charge in [0.15, 0.2) is 0 Å². The molecule has 29 heavy (non-hydrogen) atoms. The number of nitrogens with zero attached hydrogens (tertiary/aromatic N) is 3. The number of hydroxylamine groups is 1. The number of nitrogens with one attached hydrogen (secondary N) is 3. The minimum Gasteiger partial charge on any atom is -0.338 e. The zero-order valence-electron chi connectivity index (χ0n) is 14.9. The Balaban J connectivity index is 2.10. The lowest BCUT2D eigenvalue weighted by Gasteiger charge is -2.32. The SMILES string of the molecule is CC(N)(C(F)F)[C@H](NC(=O)c1ccc(C#CC#Cc2nn[nH]n2)cc1)C(=O)NO. The third-order valence-corrected chi connectivity index (χ3v) is 3.68. The predicted molar refractivity (Wildman–Crippen MR) is 94.2 cm³/mol. The van der Waals surface area contributed by atoms with Crippen LogP contribution < -0.4 is 16.5 Å². The van der Waals surface area contributed by atoms with Gasteiger partial charge in [0.05, 0.1) is 0 Å². The highest BCUT2D eigenvalue weighted by Gasteiger charge is 2.44. The van der Waals surface area contributed by atoms with E-state index in [0.29, 0.717) is 5.56 Å². The maximum atomic E-state index is 13.1. The number of alkyl halides is 2. The van der Waals surface area contributed by atoms with Crippen molar-refractivity contribution in [2.24, 2.45) is 5.73 Å². The summed E-state index contributed by atoms with van der Waals surface area (Å²) in [7, 11) is 0. The summed E-state index contributed by atoms with van der Waals surface area (Å²) in [6, 6.07) is 3.85. The first-order chi connectivity index (χ1) is 13.8. The highest BCUT2D eigenvalue weighted by atomic mass is 19.3. The zero-order valence-corrected chi connectivity index (χ0v) is 14.9. The van der Waals surface area contributed by atoms with Gasteiger partial charge in [0, 0.05) is 11.1 Å². The van der Waals surface area contributed by atoms with E-state index in [1.807, 2.05) is 0 Å². The molecule has 1 aromatic carbocycles. The first-order valence-corrected chi connectivity index (χ1v) is 7.93. The molecule has 2 aromatic rings. The van der Waals surface area contributed by atoms with Crippen molar-refractivity contribution in [2.75, 3.05) is 0 Å². The molecule has 0 bridgehead atoms. The Bertz CT molecular complexity index is 984. The van der Waals surface area contributed by atoms with E-state index in [4.69, 9.17) is 10.9 Å². The van der Waals surface area contributed by atoms with Crippen molar-refractivity contribution in [1.29, 1.82) is 0 Å². The molecular formula is C17H15F2N7O3. The van der Waals surface area contributed by atoms with Gasteiger partial charge in [0.2, 0.25) is 5.82 Å². The molecule has 0 aliphatic carbocycles. The minimum atomic E-state index is -3.14. The molecule has 10 nitrogen and oxygen atoms in total. The van der Waals surface area contributed by atoms with Gasteiger partial charge in [-0.3, -0.25) is 14.8 Å². The van der Waals surface area contributed by atoms with Crippen molar-refractivity contribution in [1.82, 2.24) is 31.4 Å². The van der Waals surface area contributed by atoms with Gasteiger partial charge in [0.25, 0.3) is 18.2 Å². The third-order valence-electron chi connectivity index (χ3n) is 3.68. The van der Waals surface area contributed by atoms with Crippen LogP contribution in [0.4, 0.5) is 8.78 Å². The maximum absolute atomic E-state index is 13.1. The second-order valence-corrected chi connectivity index (χ2v) is 5.86. The molecule has 0 aliphatic rings. The van der Waals surface area contributed by atoms with Crippen LogP contribution in [-0.2, 0) is 4.79 Å². The largest absolute Gasteiger partial charge is 0.338 e. The van der Waals surface area contributed by atoms with Crippen LogP contribution in [0.25, 0.3) is 0 Å². The van der Waals surface area contributed by atoms with Crippen LogP contribution in [0.5, 0.6) is 0 Å². The molecule has 0 saturated heterocycles. The maximum Gasteiger partial charge on any atom is 0.268 e. The van der Waals surface area contributed by atoms with Gasteiger partial charge >= 0.3 is 0 Å². The number of carbonyl (C=O) groups excluding carboxylic acids is 2. The molecule has 6 N–H and O–H groups in total. The number of aromatic amines is 1. The van der Waals surface area contributed by atoms with Crippen LogP contribution in [0.15, 0.2) is 24.3 Å². The fourth-order valence-corrected chi connectivity index (χ4v) is 2.02. The molecular weight excluding hydrogens is 388 g/mol. The number of aromatic nitrogens is 4. The molecule has 150 valence electrons. The lowest BCUT2D eigenvalue weighted by atomic mass is 9.92. The summed E-state index contributed by atoms with van der Waals surface area (Å²) in [5.41, 5.74) is 4.84. The van der Waals surface area contributed by atoms with E-state index < -0.39 is 29.8 Å². The first-order valence-electron chi connectivity index (χ1n) is 7.93. The van der Waals surface area contributed by atoms with Gasteiger partial charge in [-0.05, 0) is 54.2 Å². The standard InChI is InChI=1S/C17H15F2N7O3/c1-17(20,16(18)19)13(15(28)24-29)21-14(27)11-8-6-10(7-9-11)4-2-3-5-12-22-25-26-23-12/h6-9,13,16,29H,20H2,1H3,(H,21,27)(H,24,28)(H,22,23,25,26)/t13-,17?/m1/s1. The van der Waals surface area contributed by atoms with Gasteiger partial charge in [-0.2, -0.15) is 5.21 Å². The number of halogens is 2. The van der Waals surface area contributed by atoms with E-state index in [9.17, 15) is 18.4 Å². The Kier molecular flexibility index (Phi) is 6.92. The van der Waals surface area contributed by atoms with Crippen molar-refractivity contribution < 1.29 is 23.6 Å². The Morgan fingerprint density at radius 1 is 1.24 bits per heavy atom. The average molecular weight is 403 g/mol. The summed E-state index contributed by atoms with van der Waals surface area (Å²) in [4.78, 5) is 24.0. The molecule has 12 heteroatoms. The number of carbonyl (C=O) groups is 2. The van der Waals surface area contributed by atoms with Crippen LogP contribution in [-0.4, -0.2) is 55.7 Å². The molecule has 1 heterocycles. The predicted octanol–water partition coefficient (Wildman–Crippen LogP) is -0.811. The van der Waals surface area contributed by atoms with Gasteiger partial charge < -0.3 is 11.1 Å². The van der Waals surface area contributed by atoms with E-state index in [-0.39, 0.29) is 11.4 Å². The van der Waals surface area contributed by atoms with E-state index >= 15 is 0 Å². The second kappa shape index (κ2) is 9.36. The number of hydrogen-bond acceptors (Lipinski definition) is 7. The van der Waals surface area contributed by atoms with Gasteiger partial charge in [-0.1, -0.05) is 11.0 Å². The summed E-state index contributed by atoms with van der Waals surface area (Å²) < 4.78 is 26.3. The summed E-state index contributed by atoms with van der Waals surface area (Å²) in [6.45, 7) is 0.881. The molecule has 0 fully saturated rings. The quantitative estimate of drug-likeness (QED) is 0.248. The van der Waals surface area contributed by atoms with Crippen LogP contribution in [0.1, 0.15) is 28.7 Å². The lowest BCUT2D eigenvalue weighted by molar-refractivity contribution is -0.134. The van der Waals surface area contributed by atoms with E-state index in [1.165, 1.54) is 29.7 Å². The number of benzene rings is 1. The fourth-order valence-electron chi connectivity index (χ4n) is 2.02. The summed E-state index contributed by atoms with van der Waals surface area (Å²) in [6.07, 6.45) is -3.14. The monoisotopic (exact) mass is 403 g/mol. The molecule has 0 aliphatic heterocycles. The molecule has 1 unspecified atom stereocenters. The number of nitrogens with two attached hydrogens (primary N) is 1. The Labute approximate surface area is 163 Å². The van der Waals surface area contributed by atoms with Gasteiger partial charge in [0.1, 0.15) is 11.6 Å². The van der Waals surface area contributed by atoms with Crippen LogP contribution in [0, 0.1) is 23.7 Å². The summed E-state index contributed by atoms with van der Waals surface area (Å²) >= 11 is 0. The molecule has 1 aromatic heterocycles. The summed E-state index contributed by atoms with van der Waals surface area (Å²) in [5, 5.41) is 23.7. The number of tetrazole rings is 1. The van der Waals surface area contributed by atoms with Crippen molar-refractivity contribution in [3.63, 3.8) is 0 Å². The zero-order chi connectivity index (χ0) is 21.4. The normalized spacial score (nSPS) is 13.2. The first kappa shape index (κ1) is 21.4. The van der Waals surface area contributed by atoms with E-state index in [2.05, 4.69) is 49.6 Å². The Morgan fingerprint density at radius 2 is 1.90 bits per heavy atom. The van der Waals surface area contributed by atoms with Crippen molar-refractivity contribution in [3.05, 3.63) is 41.2 Å². The van der Waals surface area contributed by atoms with Crippen LogP contribution in [0.2, 0.25) is 0 Å². The molecule has 0 saturated carbocycles.